The summed E-state index contributed by atoms with van der Waals surface area (Å²) in [6, 6.07) is 2.33. The van der Waals surface area contributed by atoms with E-state index in [1.165, 1.54) is 12.8 Å². The lowest BCUT2D eigenvalue weighted by Crippen LogP contribution is -2.33. The topological polar surface area (TPSA) is 67.0 Å². The lowest BCUT2D eigenvalue weighted by atomic mass is 9.79. The monoisotopic (exact) mass is 329 g/mol. The van der Waals surface area contributed by atoms with Gasteiger partial charge in [0.15, 0.2) is 0 Å². The number of anilines is 1. The number of aromatic amines is 1. The van der Waals surface area contributed by atoms with Crippen molar-refractivity contribution >= 4 is 22.7 Å². The lowest BCUT2D eigenvalue weighted by Gasteiger charge is -2.34. The molecule has 1 saturated carbocycles. The third-order valence-corrected chi connectivity index (χ3v) is 4.91. The first-order chi connectivity index (χ1) is 11.5. The first-order valence-electron chi connectivity index (χ1n) is 8.89. The maximum atomic E-state index is 12.5. The van der Waals surface area contributed by atoms with E-state index in [2.05, 4.69) is 29.1 Å². The number of nitrogens with zero attached hydrogens (tertiary/aromatic N) is 1. The Morgan fingerprint density at radius 1 is 1.38 bits per heavy atom. The maximum Gasteiger partial charge on any atom is 0.342 e. The Labute approximate surface area is 143 Å². The number of aromatic nitrogens is 2. The fourth-order valence-electron chi connectivity index (χ4n) is 3.66. The first-order valence-corrected chi connectivity index (χ1v) is 8.89. The SMILES string of the molecule is CC1CCC(Nc2c(C(=O)OC(C)C)cnc3[nH]ccc23)C(C)C1. The third-order valence-electron chi connectivity index (χ3n) is 4.91. The highest BCUT2D eigenvalue weighted by molar-refractivity contribution is 6.04. The number of carbonyl (C=O) groups excluding carboxylic acids is 1. The fourth-order valence-corrected chi connectivity index (χ4v) is 3.66. The number of hydrogen-bond acceptors (Lipinski definition) is 4. The second-order valence-electron chi connectivity index (χ2n) is 7.39. The van der Waals surface area contributed by atoms with Crippen molar-refractivity contribution in [1.29, 1.82) is 0 Å². The molecule has 0 spiro atoms. The summed E-state index contributed by atoms with van der Waals surface area (Å²) in [6.07, 6.45) is 6.87. The van der Waals surface area contributed by atoms with Crippen LogP contribution in [-0.2, 0) is 4.74 Å². The van der Waals surface area contributed by atoms with Crippen molar-refractivity contribution in [3.05, 3.63) is 24.0 Å². The average Bonchev–Trinajstić information content (AvgIpc) is 2.98. The molecule has 0 amide bonds. The van der Waals surface area contributed by atoms with E-state index in [0.29, 0.717) is 17.5 Å². The van der Waals surface area contributed by atoms with Crippen LogP contribution in [-0.4, -0.2) is 28.1 Å². The van der Waals surface area contributed by atoms with Crippen LogP contribution in [0.25, 0.3) is 11.0 Å². The van der Waals surface area contributed by atoms with Gasteiger partial charge in [0.05, 0.1) is 11.8 Å². The lowest BCUT2D eigenvalue weighted by molar-refractivity contribution is 0.0378. The van der Waals surface area contributed by atoms with Gasteiger partial charge >= 0.3 is 5.97 Å². The Bertz CT molecular complexity index is 722. The van der Waals surface area contributed by atoms with Gasteiger partial charge in [-0.3, -0.25) is 0 Å². The zero-order valence-electron chi connectivity index (χ0n) is 14.9. The molecular weight excluding hydrogens is 302 g/mol. The minimum absolute atomic E-state index is 0.151. The molecule has 3 rings (SSSR count). The molecule has 2 heterocycles. The van der Waals surface area contributed by atoms with Crippen molar-refractivity contribution in [2.45, 2.75) is 59.1 Å². The van der Waals surface area contributed by atoms with Crippen LogP contribution in [0.15, 0.2) is 18.5 Å². The van der Waals surface area contributed by atoms with Crippen molar-refractivity contribution < 1.29 is 9.53 Å². The molecular formula is C19H27N3O2. The van der Waals surface area contributed by atoms with Crippen molar-refractivity contribution in [2.24, 2.45) is 11.8 Å². The van der Waals surface area contributed by atoms with Crippen molar-refractivity contribution in [3.63, 3.8) is 0 Å². The van der Waals surface area contributed by atoms with Gasteiger partial charge in [0, 0.05) is 23.8 Å². The number of hydrogen-bond donors (Lipinski definition) is 2. The summed E-state index contributed by atoms with van der Waals surface area (Å²) in [5, 5.41) is 4.59. The number of nitrogens with one attached hydrogen (secondary N) is 2. The van der Waals surface area contributed by atoms with Crippen LogP contribution < -0.4 is 5.32 Å². The van der Waals surface area contributed by atoms with Gasteiger partial charge in [0.2, 0.25) is 0 Å². The van der Waals surface area contributed by atoms with Gasteiger partial charge in [-0.15, -0.1) is 0 Å². The molecule has 2 aromatic rings. The van der Waals surface area contributed by atoms with Crippen molar-refractivity contribution in [1.82, 2.24) is 9.97 Å². The number of pyridine rings is 1. The molecule has 3 unspecified atom stereocenters. The van der Waals surface area contributed by atoms with Crippen LogP contribution in [0.4, 0.5) is 5.69 Å². The van der Waals surface area contributed by atoms with Crippen molar-refractivity contribution in [3.8, 4) is 0 Å². The van der Waals surface area contributed by atoms with E-state index in [-0.39, 0.29) is 12.1 Å². The second kappa shape index (κ2) is 6.83. The molecule has 1 aliphatic carbocycles. The molecule has 1 aliphatic rings. The van der Waals surface area contributed by atoms with Crippen LogP contribution in [0.5, 0.6) is 0 Å². The highest BCUT2D eigenvalue weighted by atomic mass is 16.5. The van der Waals surface area contributed by atoms with Gasteiger partial charge in [-0.25, -0.2) is 9.78 Å². The van der Waals surface area contributed by atoms with E-state index < -0.39 is 0 Å². The number of ether oxygens (including phenoxy) is 1. The zero-order valence-corrected chi connectivity index (χ0v) is 14.9. The third kappa shape index (κ3) is 3.40. The quantitative estimate of drug-likeness (QED) is 0.818. The van der Waals surface area contributed by atoms with Crippen LogP contribution >= 0.6 is 0 Å². The summed E-state index contributed by atoms with van der Waals surface area (Å²) >= 11 is 0. The van der Waals surface area contributed by atoms with Gasteiger partial charge in [-0.05, 0) is 51.0 Å². The van der Waals surface area contributed by atoms with E-state index in [1.807, 2.05) is 26.1 Å². The molecule has 130 valence electrons. The smallest absolute Gasteiger partial charge is 0.342 e. The van der Waals surface area contributed by atoms with E-state index >= 15 is 0 Å². The summed E-state index contributed by atoms with van der Waals surface area (Å²) in [7, 11) is 0. The molecule has 2 N–H and O–H groups in total. The van der Waals surface area contributed by atoms with Crippen LogP contribution in [0.3, 0.4) is 0 Å². The standard InChI is InChI=1S/C19H27N3O2/c1-11(2)24-19(23)15-10-21-18-14(7-8-20-18)17(15)22-16-6-5-12(3)9-13(16)4/h7-8,10-13,16H,5-6,9H2,1-4H3,(H2,20,21,22). The highest BCUT2D eigenvalue weighted by Crippen LogP contribution is 2.34. The molecule has 2 aromatic heterocycles. The van der Waals surface area contributed by atoms with Gasteiger partial charge < -0.3 is 15.0 Å². The predicted molar refractivity (Wildman–Crippen MR) is 96.2 cm³/mol. The molecule has 0 saturated heterocycles. The minimum Gasteiger partial charge on any atom is -0.459 e. The molecule has 5 heteroatoms. The maximum absolute atomic E-state index is 12.5. The molecule has 0 bridgehead atoms. The summed E-state index contributed by atoms with van der Waals surface area (Å²) in [5.41, 5.74) is 2.15. The molecule has 0 radical (unpaired) electrons. The van der Waals surface area contributed by atoms with Gasteiger partial charge in [0.1, 0.15) is 11.2 Å². The van der Waals surface area contributed by atoms with Gasteiger partial charge in [0.25, 0.3) is 0 Å². The highest BCUT2D eigenvalue weighted by Gasteiger charge is 2.27. The average molecular weight is 329 g/mol. The van der Waals surface area contributed by atoms with Crippen LogP contribution in [0.2, 0.25) is 0 Å². The minimum atomic E-state index is -0.320. The second-order valence-corrected chi connectivity index (χ2v) is 7.39. The predicted octanol–water partition coefficient (Wildman–Crippen LogP) is 4.36. The number of H-pyrrole nitrogens is 1. The molecule has 3 atom stereocenters. The molecule has 5 nitrogen and oxygen atoms in total. The first kappa shape index (κ1) is 16.8. The number of carbonyl (C=O) groups is 1. The zero-order chi connectivity index (χ0) is 17.3. The Morgan fingerprint density at radius 3 is 2.88 bits per heavy atom. The summed E-state index contributed by atoms with van der Waals surface area (Å²) in [4.78, 5) is 20.0. The fraction of sp³-hybridized carbons (Fsp3) is 0.579. The largest absolute Gasteiger partial charge is 0.459 e. The van der Waals surface area contributed by atoms with Gasteiger partial charge in [-0.1, -0.05) is 13.8 Å². The molecule has 0 aromatic carbocycles. The van der Waals surface area contributed by atoms with E-state index in [4.69, 9.17) is 4.74 Å². The molecule has 0 aliphatic heterocycles. The Hall–Kier alpha value is -2.04. The van der Waals surface area contributed by atoms with E-state index in [9.17, 15) is 4.79 Å². The Kier molecular flexibility index (Phi) is 4.78. The molecule has 24 heavy (non-hydrogen) atoms. The molecule has 1 fully saturated rings. The Balaban J connectivity index is 1.94. The Morgan fingerprint density at radius 2 is 2.17 bits per heavy atom. The van der Waals surface area contributed by atoms with Crippen molar-refractivity contribution in [2.75, 3.05) is 5.32 Å². The van der Waals surface area contributed by atoms with Crippen LogP contribution in [0, 0.1) is 11.8 Å². The summed E-state index contributed by atoms with van der Waals surface area (Å²) < 4.78 is 5.41. The number of esters is 1. The van der Waals surface area contributed by atoms with Gasteiger partial charge in [-0.2, -0.15) is 0 Å². The summed E-state index contributed by atoms with van der Waals surface area (Å²) in [6.45, 7) is 8.32. The number of fused-ring (bicyclic) bond motifs is 1. The van der Waals surface area contributed by atoms with E-state index in [1.54, 1.807) is 6.20 Å². The number of rotatable bonds is 4. The van der Waals surface area contributed by atoms with Crippen LogP contribution in [0.1, 0.15) is 57.3 Å². The summed E-state index contributed by atoms with van der Waals surface area (Å²) in [5.74, 6) is 1.03. The van der Waals surface area contributed by atoms with E-state index in [0.717, 1.165) is 29.1 Å². The normalized spacial score (nSPS) is 24.3.